The van der Waals surface area contributed by atoms with E-state index in [4.69, 9.17) is 11.6 Å². The molecule has 0 bridgehead atoms. The van der Waals surface area contributed by atoms with Crippen molar-refractivity contribution in [3.63, 3.8) is 0 Å². The second-order valence-corrected chi connectivity index (χ2v) is 7.40. The molecule has 0 atom stereocenters. The molecule has 1 rings (SSSR count). The second kappa shape index (κ2) is 6.46. The monoisotopic (exact) mass is 363 g/mol. The Morgan fingerprint density at radius 2 is 1.62 bits per heavy atom. The summed E-state index contributed by atoms with van der Waals surface area (Å²) in [5.74, 6) is 0. The van der Waals surface area contributed by atoms with Gasteiger partial charge in [-0.25, -0.2) is 4.90 Å². The van der Waals surface area contributed by atoms with E-state index >= 15 is 0 Å². The first kappa shape index (κ1) is 20.7. The number of nitrogens with zero attached hydrogens (tertiary/aromatic N) is 3. The topological polar surface area (TPSA) is 9.49 Å². The Labute approximate surface area is 125 Å². The molecule has 130 valence electrons. The summed E-state index contributed by atoms with van der Waals surface area (Å²) in [6, 6.07) is 0. The van der Waals surface area contributed by atoms with Crippen LogP contribution in [0.4, 0.5) is 25.2 Å². The Bertz CT molecular complexity index is 369. The van der Waals surface area contributed by atoms with E-state index in [1.165, 1.54) is 19.4 Å². The summed E-state index contributed by atoms with van der Waals surface area (Å²) in [5, 5.41) is 0.912. The molecule has 0 saturated carbocycles. The average molecular weight is 364 g/mol. The first-order valence-corrected chi connectivity index (χ1v) is 8.66. The Balaban J connectivity index is 0.000000486. The van der Waals surface area contributed by atoms with Crippen molar-refractivity contribution in [1.82, 2.24) is 9.80 Å². The van der Waals surface area contributed by atoms with Gasteiger partial charge in [-0.15, -0.1) is 0 Å². The zero-order valence-electron chi connectivity index (χ0n) is 12.2. The quantitative estimate of drug-likeness (QED) is 0.237. The predicted molar refractivity (Wildman–Crippen MR) is 74.8 cm³/mol. The van der Waals surface area contributed by atoms with Crippen LogP contribution in [0.1, 0.15) is 12.8 Å². The molecule has 3 nitrogen and oxygen atoms in total. The molecule has 0 unspecified atom stereocenters. The molecule has 1 aliphatic rings. The van der Waals surface area contributed by atoms with E-state index in [1.807, 2.05) is 7.05 Å². The van der Waals surface area contributed by atoms with Crippen LogP contribution in [0.3, 0.4) is 0 Å². The third-order valence-corrected chi connectivity index (χ3v) is 3.09. The van der Waals surface area contributed by atoms with Gasteiger partial charge in [-0.2, -0.15) is 0 Å². The molecule has 0 fully saturated rings. The summed E-state index contributed by atoms with van der Waals surface area (Å²) >= 11 is 6.13. The predicted octanol–water partition coefficient (Wildman–Crippen LogP) is 4.26. The van der Waals surface area contributed by atoms with Crippen molar-refractivity contribution < 1.29 is 29.8 Å². The molecule has 1 heterocycles. The maximum absolute atomic E-state index is 10.7. The van der Waals surface area contributed by atoms with Gasteiger partial charge in [0.15, 0.2) is 0 Å². The third kappa shape index (κ3) is 15.9. The minimum absolute atomic E-state index is 0.912. The molecule has 11 heteroatoms. The summed E-state index contributed by atoms with van der Waals surface area (Å²) in [4.78, 5) is 4.48. The normalized spacial score (nSPS) is 19.3. The van der Waals surface area contributed by atoms with Crippen molar-refractivity contribution in [3.8, 4) is 0 Å². The molecule has 0 spiro atoms. The van der Waals surface area contributed by atoms with Crippen molar-refractivity contribution in [2.75, 3.05) is 47.3 Å². The van der Waals surface area contributed by atoms with Crippen molar-refractivity contribution in [2.45, 2.75) is 12.8 Å². The summed E-state index contributed by atoms with van der Waals surface area (Å²) < 4.78 is 61.3. The van der Waals surface area contributed by atoms with Crippen LogP contribution in [0.15, 0.2) is 0 Å². The van der Waals surface area contributed by atoms with Gasteiger partial charge in [-0.05, 0) is 33.5 Å². The third-order valence-electron chi connectivity index (χ3n) is 2.56. The van der Waals surface area contributed by atoms with E-state index in [-0.39, 0.29) is 0 Å². The van der Waals surface area contributed by atoms with Gasteiger partial charge in [0, 0.05) is 11.6 Å². The molecule has 0 aromatic carbocycles. The number of rotatable bonds is 5. The molecule has 0 radical (unpaired) electrons. The molecule has 0 saturated heterocycles. The van der Waals surface area contributed by atoms with Gasteiger partial charge in [0.05, 0.1) is 13.6 Å². The molecule has 21 heavy (non-hydrogen) atoms. The first-order valence-electron chi connectivity index (χ1n) is 6.26. The second-order valence-electron chi connectivity index (χ2n) is 5.15. The van der Waals surface area contributed by atoms with Gasteiger partial charge in [0.2, 0.25) is 0 Å². The Kier molecular flexibility index (Phi) is 6.38. The van der Waals surface area contributed by atoms with E-state index in [0.717, 1.165) is 24.9 Å². The molecule has 1 aliphatic heterocycles. The van der Waals surface area contributed by atoms with E-state index < -0.39 is 7.81 Å². The van der Waals surface area contributed by atoms with Crippen molar-refractivity contribution in [2.24, 2.45) is 0 Å². The zero-order valence-corrected chi connectivity index (χ0v) is 13.8. The number of halogens is 7. The molecular formula is C10H21ClF6N3P. The van der Waals surface area contributed by atoms with Gasteiger partial charge in [0.1, 0.15) is 13.1 Å². The van der Waals surface area contributed by atoms with Gasteiger partial charge in [-0.3, -0.25) is 4.58 Å². The van der Waals surface area contributed by atoms with Crippen LogP contribution in [0.2, 0.25) is 0 Å². The summed E-state index contributed by atoms with van der Waals surface area (Å²) in [5.41, 5.74) is 0. The number of unbranched alkanes of at least 4 members (excludes halogenated alkanes) is 1. The number of hydrogen-bond acceptors (Lipinski definition) is 2. The van der Waals surface area contributed by atoms with Gasteiger partial charge in [0.25, 0.3) is 0 Å². The molecular weight excluding hydrogens is 343 g/mol. The Morgan fingerprint density at radius 3 is 1.95 bits per heavy atom. The number of amidine groups is 1. The fraction of sp³-hybridized carbons (Fsp3) is 0.900. The van der Waals surface area contributed by atoms with Gasteiger partial charge in [-0.1, -0.05) is 0 Å². The van der Waals surface area contributed by atoms with Crippen LogP contribution >= 0.6 is 19.4 Å². The van der Waals surface area contributed by atoms with E-state index in [0.29, 0.717) is 0 Å². The van der Waals surface area contributed by atoms with Crippen molar-refractivity contribution >= 4 is 24.7 Å². The summed E-state index contributed by atoms with van der Waals surface area (Å²) in [7, 11) is -4.39. The van der Waals surface area contributed by atoms with E-state index in [9.17, 15) is 25.2 Å². The molecule has 0 aliphatic carbocycles. The molecule has 0 aromatic heterocycles. The van der Waals surface area contributed by atoms with Gasteiger partial charge >= 0.3 is 38.3 Å². The fourth-order valence-corrected chi connectivity index (χ4v) is 1.88. The van der Waals surface area contributed by atoms with Crippen molar-refractivity contribution in [3.05, 3.63) is 0 Å². The van der Waals surface area contributed by atoms with E-state index in [2.05, 4.69) is 28.5 Å². The van der Waals surface area contributed by atoms with Crippen LogP contribution in [-0.4, -0.2) is 67.0 Å². The SMILES string of the molecule is CN(C)CCCCN1CC[N+](C)=C1Cl.F[P-](F)(F)(F)(F)F. The van der Waals surface area contributed by atoms with E-state index in [1.54, 1.807) is 0 Å². The van der Waals surface area contributed by atoms with Crippen LogP contribution in [-0.2, 0) is 0 Å². The zero-order chi connectivity index (χ0) is 17.0. The minimum atomic E-state index is -10.7. The van der Waals surface area contributed by atoms with Crippen LogP contribution < -0.4 is 0 Å². The molecule has 0 amide bonds. The van der Waals surface area contributed by atoms with Crippen molar-refractivity contribution in [1.29, 1.82) is 0 Å². The number of likely N-dealkylation sites (N-methyl/N-ethyl adjacent to an activating group) is 1. The first-order chi connectivity index (χ1) is 9.06. The Hall–Kier alpha value is -0.270. The fourth-order valence-electron chi connectivity index (χ4n) is 1.63. The van der Waals surface area contributed by atoms with Crippen LogP contribution in [0.25, 0.3) is 0 Å². The Morgan fingerprint density at radius 1 is 1.14 bits per heavy atom. The summed E-state index contributed by atoms with van der Waals surface area (Å²) in [6.07, 6.45) is 2.47. The van der Waals surface area contributed by atoms with Crippen LogP contribution in [0, 0.1) is 0 Å². The number of hydrogen-bond donors (Lipinski definition) is 0. The van der Waals surface area contributed by atoms with Crippen LogP contribution in [0.5, 0.6) is 0 Å². The molecule has 0 aromatic rings. The average Bonchev–Trinajstić information content (AvgIpc) is 2.51. The summed E-state index contributed by atoms with van der Waals surface area (Å²) in [6.45, 7) is 4.40. The van der Waals surface area contributed by atoms with Gasteiger partial charge < -0.3 is 4.90 Å². The standard InChI is InChI=1S/C10H21ClN3.F6P/c1-12(2)6-4-5-7-14-9-8-13(3)10(14)11;1-7(2,3,4,5)6/h4-9H2,1-3H3;/q+1;-1. The maximum atomic E-state index is 9.87. The molecule has 0 N–H and O–H groups in total.